The highest BCUT2D eigenvalue weighted by Crippen LogP contribution is 2.20. The first-order valence-corrected chi connectivity index (χ1v) is 16.0. The summed E-state index contributed by atoms with van der Waals surface area (Å²) in [7, 11) is 1.84. The van der Waals surface area contributed by atoms with Gasteiger partial charge >= 0.3 is 25.7 Å². The Balaban J connectivity index is 3.17. The van der Waals surface area contributed by atoms with Crippen molar-refractivity contribution in [1.29, 1.82) is 0 Å². The van der Waals surface area contributed by atoms with Crippen LogP contribution in [0.2, 0.25) is 19.6 Å². The lowest BCUT2D eigenvalue weighted by atomic mass is 10.1. The molecule has 6 nitrogen and oxygen atoms in total. The molecule has 0 unspecified atom stereocenters. The summed E-state index contributed by atoms with van der Waals surface area (Å²) in [6, 6.07) is 10.4. The summed E-state index contributed by atoms with van der Waals surface area (Å²) in [6.45, 7) is 6.11. The van der Waals surface area contributed by atoms with E-state index in [1.807, 2.05) is 31.8 Å². The van der Waals surface area contributed by atoms with Gasteiger partial charge in [-0.1, -0.05) is 30.3 Å². The van der Waals surface area contributed by atoms with Crippen LogP contribution in [0.3, 0.4) is 0 Å². The van der Waals surface area contributed by atoms with Gasteiger partial charge in [0.15, 0.2) is 0 Å². The Morgan fingerprint density at radius 3 is 1.46 bits per heavy atom. The molecule has 0 amide bonds. The summed E-state index contributed by atoms with van der Waals surface area (Å²) in [5.74, 6) is 0. The molecule has 0 aliphatic rings. The largest absolute Gasteiger partial charge is 0.394 e. The molecule has 2 rings (SSSR count). The third kappa shape index (κ3) is 3.78. The van der Waals surface area contributed by atoms with Gasteiger partial charge in [0.2, 0.25) is 0 Å². The second-order valence-corrected chi connectivity index (χ2v) is 16.6. The summed E-state index contributed by atoms with van der Waals surface area (Å²) in [5, 5.41) is 5.18. The fraction of sp³-hybridized carbons (Fsp3) is 0.474. The van der Waals surface area contributed by atoms with E-state index in [9.17, 15) is 0 Å². The third-order valence-corrected chi connectivity index (χ3v) is 15.2. The Morgan fingerprint density at radius 2 is 1.00 bits per heavy atom. The molecule has 0 saturated carbocycles. The first-order chi connectivity index (χ1) is 13.2. The van der Waals surface area contributed by atoms with Crippen molar-refractivity contribution in [3.05, 3.63) is 30.3 Å². The molecule has 0 aromatic heterocycles. The number of rotatable bonds is 9. The van der Waals surface area contributed by atoms with E-state index in [1.165, 1.54) is 0 Å². The van der Waals surface area contributed by atoms with E-state index in [1.54, 1.807) is 42.7 Å². The Labute approximate surface area is 171 Å². The number of fused-ring (bicyclic) bond motifs is 1. The van der Waals surface area contributed by atoms with Crippen LogP contribution in [0.1, 0.15) is 0 Å². The van der Waals surface area contributed by atoms with Crippen molar-refractivity contribution in [3.63, 3.8) is 0 Å². The van der Waals surface area contributed by atoms with E-state index in [0.29, 0.717) is 0 Å². The van der Waals surface area contributed by atoms with Crippen LogP contribution in [0.25, 0.3) is 10.8 Å². The number of hydrogen-bond acceptors (Lipinski definition) is 6. The minimum atomic E-state index is -2.81. The highest BCUT2D eigenvalue weighted by atomic mass is 28.4. The molecule has 0 atom stereocenters. The number of hydrogen-bond donors (Lipinski definition) is 0. The van der Waals surface area contributed by atoms with E-state index in [0.717, 1.165) is 26.3 Å². The molecule has 2 aromatic carbocycles. The molecule has 0 N–H and O–H groups in total. The first kappa shape index (κ1) is 23.4. The molecule has 0 heterocycles. The van der Waals surface area contributed by atoms with Crippen molar-refractivity contribution in [2.24, 2.45) is 0 Å². The molecule has 0 fully saturated rings. The summed E-state index contributed by atoms with van der Waals surface area (Å²) in [6.07, 6.45) is 0. The Hall–Kier alpha value is -0.889. The van der Waals surface area contributed by atoms with Crippen molar-refractivity contribution >= 4 is 52.0 Å². The lowest BCUT2D eigenvalue weighted by molar-refractivity contribution is 0.258. The minimum Gasteiger partial charge on any atom is -0.394 e. The van der Waals surface area contributed by atoms with Gasteiger partial charge in [0.05, 0.1) is 0 Å². The topological polar surface area (TPSA) is 55.4 Å². The summed E-state index contributed by atoms with van der Waals surface area (Å²) in [5.41, 5.74) is 0. The summed E-state index contributed by atoms with van der Waals surface area (Å²) >= 11 is 0. The van der Waals surface area contributed by atoms with Gasteiger partial charge in [0.25, 0.3) is 0 Å². The van der Waals surface area contributed by atoms with Gasteiger partial charge in [-0.05, 0) is 35.6 Å². The maximum Gasteiger partial charge on any atom is 0.369 e. The van der Waals surface area contributed by atoms with Crippen molar-refractivity contribution < 1.29 is 26.6 Å². The molecule has 156 valence electrons. The zero-order chi connectivity index (χ0) is 21.2. The molecule has 0 radical (unpaired) electrons. The van der Waals surface area contributed by atoms with Gasteiger partial charge in [-0.3, -0.25) is 0 Å². The molecule has 0 aliphatic carbocycles. The van der Waals surface area contributed by atoms with Gasteiger partial charge in [-0.2, -0.15) is 0 Å². The van der Waals surface area contributed by atoms with Crippen LogP contribution in [0, 0.1) is 0 Å². The quantitative estimate of drug-likeness (QED) is 0.552. The molecule has 9 heteroatoms. The van der Waals surface area contributed by atoms with Gasteiger partial charge in [0, 0.05) is 53.0 Å². The van der Waals surface area contributed by atoms with Gasteiger partial charge in [0.1, 0.15) is 0 Å². The highest BCUT2D eigenvalue weighted by molar-refractivity contribution is 6.97. The van der Waals surface area contributed by atoms with Gasteiger partial charge in [-0.15, -0.1) is 0 Å². The molecule has 0 bridgehead atoms. The lowest BCUT2D eigenvalue weighted by Crippen LogP contribution is -2.73. The predicted molar refractivity (Wildman–Crippen MR) is 120 cm³/mol. The molecule has 0 aliphatic heterocycles. The van der Waals surface area contributed by atoms with Crippen LogP contribution in [0.5, 0.6) is 0 Å². The molecule has 0 saturated heterocycles. The van der Waals surface area contributed by atoms with E-state index < -0.39 is 25.7 Å². The standard InChI is InChI=1S/C19H32O6Si3/c1-20-26(7,21-2)17-14-15-12-10-11-13-16(15)18(27(8,22-3)23-4)19(17)28(9,24-5)25-6/h10-14H,1-9H3. The molecule has 0 spiro atoms. The van der Waals surface area contributed by atoms with Crippen LogP contribution in [0.15, 0.2) is 30.3 Å². The lowest BCUT2D eigenvalue weighted by Gasteiger charge is -2.37. The Bertz CT molecular complexity index is 817. The maximum atomic E-state index is 6.01. The Morgan fingerprint density at radius 1 is 0.571 bits per heavy atom. The molecular formula is C19H32O6Si3. The second kappa shape index (κ2) is 8.86. The minimum absolute atomic E-state index is 0.993. The SMILES string of the molecule is CO[Si](C)(OC)c1cc2ccccc2c([Si](C)(OC)OC)c1[Si](C)(OC)OC. The van der Waals surface area contributed by atoms with E-state index in [-0.39, 0.29) is 0 Å². The van der Waals surface area contributed by atoms with Crippen LogP contribution in [-0.4, -0.2) is 68.3 Å². The second-order valence-electron chi connectivity index (χ2n) is 6.96. The van der Waals surface area contributed by atoms with E-state index >= 15 is 0 Å². The van der Waals surface area contributed by atoms with Gasteiger partial charge in [-0.25, -0.2) is 0 Å². The molecule has 2 aromatic rings. The predicted octanol–water partition coefficient (Wildman–Crippen LogP) is 1.56. The molecular weight excluding hydrogens is 408 g/mol. The van der Waals surface area contributed by atoms with Crippen molar-refractivity contribution in [2.45, 2.75) is 19.6 Å². The molecule has 28 heavy (non-hydrogen) atoms. The first-order valence-electron chi connectivity index (χ1n) is 9.08. The van der Waals surface area contributed by atoms with Crippen LogP contribution >= 0.6 is 0 Å². The van der Waals surface area contributed by atoms with Crippen LogP contribution in [0.4, 0.5) is 0 Å². The third-order valence-electron chi connectivity index (χ3n) is 5.78. The summed E-state index contributed by atoms with van der Waals surface area (Å²) in [4.78, 5) is 0. The maximum absolute atomic E-state index is 6.01. The van der Waals surface area contributed by atoms with Crippen molar-refractivity contribution in [2.75, 3.05) is 42.7 Å². The summed E-state index contributed by atoms with van der Waals surface area (Å²) < 4.78 is 35.9. The fourth-order valence-electron chi connectivity index (χ4n) is 3.53. The van der Waals surface area contributed by atoms with Crippen molar-refractivity contribution in [3.8, 4) is 0 Å². The van der Waals surface area contributed by atoms with E-state index in [2.05, 4.69) is 18.2 Å². The highest BCUT2D eigenvalue weighted by Gasteiger charge is 2.49. The van der Waals surface area contributed by atoms with Crippen LogP contribution in [-0.2, 0) is 26.6 Å². The smallest absolute Gasteiger partial charge is 0.369 e. The van der Waals surface area contributed by atoms with E-state index in [4.69, 9.17) is 26.6 Å². The van der Waals surface area contributed by atoms with Crippen LogP contribution < -0.4 is 15.6 Å². The normalized spacial score (nSPS) is 13.3. The van der Waals surface area contributed by atoms with Crippen molar-refractivity contribution in [1.82, 2.24) is 0 Å². The monoisotopic (exact) mass is 440 g/mol. The zero-order valence-electron chi connectivity index (χ0n) is 18.3. The Kier molecular flexibility index (Phi) is 7.40. The van der Waals surface area contributed by atoms with Gasteiger partial charge < -0.3 is 26.6 Å². The average Bonchev–Trinajstić information content (AvgIpc) is 2.76. The zero-order valence-corrected chi connectivity index (χ0v) is 21.3. The number of benzene rings is 2. The average molecular weight is 441 g/mol. The fourth-order valence-corrected chi connectivity index (χ4v) is 11.6.